The second kappa shape index (κ2) is 14.2. The number of rotatable bonds is 12. The third-order valence-electron chi connectivity index (χ3n) is 7.83. The number of amides is 1. The number of fused-ring (bicyclic) bond motifs is 1. The molecule has 0 fully saturated rings. The van der Waals surface area contributed by atoms with Gasteiger partial charge in [-0.25, -0.2) is 9.78 Å². The number of nitrogen functional groups attached to an aromatic ring is 1. The highest BCUT2D eigenvalue weighted by molar-refractivity contribution is 7.80. The van der Waals surface area contributed by atoms with E-state index in [0.29, 0.717) is 49.3 Å². The summed E-state index contributed by atoms with van der Waals surface area (Å²) in [5.41, 5.74) is 17.9. The van der Waals surface area contributed by atoms with Crippen LogP contribution in [0.1, 0.15) is 49.7 Å². The fourth-order valence-electron chi connectivity index (χ4n) is 5.36. The first kappa shape index (κ1) is 31.5. The maximum atomic E-state index is 13.7. The average molecular weight is 621 g/mol. The Kier molecular flexibility index (Phi) is 9.96. The topological polar surface area (TPSA) is 140 Å². The molecule has 0 saturated carbocycles. The van der Waals surface area contributed by atoms with E-state index in [1.54, 1.807) is 17.0 Å². The van der Waals surface area contributed by atoms with E-state index in [4.69, 9.17) is 38.8 Å². The molecule has 4 aromatic rings. The number of ether oxygens (including phenoxy) is 1. The number of amidine groups is 1. The van der Waals surface area contributed by atoms with E-state index in [9.17, 15) is 9.59 Å². The second-order valence-corrected chi connectivity index (χ2v) is 11.4. The largest absolute Gasteiger partial charge is 0.465 e. The van der Waals surface area contributed by atoms with Gasteiger partial charge in [-0.1, -0.05) is 66.8 Å². The number of hydrogen-bond acceptors (Lipinski definition) is 7. The predicted molar refractivity (Wildman–Crippen MR) is 181 cm³/mol. The zero-order valence-electron chi connectivity index (χ0n) is 25.2. The number of esters is 1. The van der Waals surface area contributed by atoms with E-state index in [0.717, 1.165) is 51.3 Å². The molecule has 10 heteroatoms. The number of imidazole rings is 1. The van der Waals surface area contributed by atoms with E-state index in [2.05, 4.69) is 16.7 Å². The molecule has 0 bridgehead atoms. The molecule has 1 aliphatic carbocycles. The Morgan fingerprint density at radius 1 is 1.00 bits per heavy atom. The summed E-state index contributed by atoms with van der Waals surface area (Å²) in [6, 6.07) is 20.3. The van der Waals surface area contributed by atoms with Crippen molar-refractivity contribution >= 4 is 45.8 Å². The van der Waals surface area contributed by atoms with Gasteiger partial charge in [0.2, 0.25) is 0 Å². The molecule has 0 atom stereocenters. The molecule has 0 unspecified atom stereocenters. The molecule has 0 saturated heterocycles. The first-order chi connectivity index (χ1) is 21.8. The van der Waals surface area contributed by atoms with Gasteiger partial charge < -0.3 is 25.7 Å². The van der Waals surface area contributed by atoms with Crippen molar-refractivity contribution in [3.63, 3.8) is 0 Å². The van der Waals surface area contributed by atoms with Gasteiger partial charge in [0.05, 0.1) is 30.3 Å². The minimum absolute atomic E-state index is 0.0426. The molecule has 230 valence electrons. The molecule has 1 amide bonds. The summed E-state index contributed by atoms with van der Waals surface area (Å²) in [7, 11) is 1.34. The van der Waals surface area contributed by atoms with E-state index in [1.165, 1.54) is 7.11 Å². The second-order valence-electron chi connectivity index (χ2n) is 10.9. The molecule has 0 radical (unpaired) electrons. The third-order valence-corrected chi connectivity index (χ3v) is 8.26. The molecule has 5 rings (SSSR count). The Balaban J connectivity index is 1.42. The van der Waals surface area contributed by atoms with Gasteiger partial charge in [-0.2, -0.15) is 0 Å². The Labute approximate surface area is 267 Å². The van der Waals surface area contributed by atoms with Crippen molar-refractivity contribution in [3.8, 4) is 0 Å². The molecule has 9 nitrogen and oxygen atoms in total. The van der Waals surface area contributed by atoms with Gasteiger partial charge in [0.1, 0.15) is 11.7 Å². The van der Waals surface area contributed by atoms with Crippen molar-refractivity contribution in [2.75, 3.05) is 20.2 Å². The van der Waals surface area contributed by atoms with Crippen LogP contribution in [-0.4, -0.2) is 57.2 Å². The first-order valence-corrected chi connectivity index (χ1v) is 15.2. The number of carbonyl (C=O) groups excluding carboxylic acids is 2. The Morgan fingerprint density at radius 2 is 1.69 bits per heavy atom. The number of aromatic nitrogens is 2. The summed E-state index contributed by atoms with van der Waals surface area (Å²) in [5.74, 6) is 0.379. The van der Waals surface area contributed by atoms with E-state index >= 15 is 0 Å². The molecule has 5 N–H and O–H groups in total. The number of benzene rings is 3. The molecule has 0 spiro atoms. The summed E-state index contributed by atoms with van der Waals surface area (Å²) in [5, 5.41) is 7.65. The maximum Gasteiger partial charge on any atom is 0.337 e. The van der Waals surface area contributed by atoms with Crippen molar-refractivity contribution in [1.29, 1.82) is 5.41 Å². The van der Waals surface area contributed by atoms with Crippen LogP contribution in [-0.2, 0) is 30.7 Å². The Bertz CT molecular complexity index is 1810. The number of methoxy groups -OCH3 is 1. The minimum atomic E-state index is -0.410. The smallest absolute Gasteiger partial charge is 0.337 e. The lowest BCUT2D eigenvalue weighted by Gasteiger charge is -2.22. The van der Waals surface area contributed by atoms with Crippen molar-refractivity contribution in [1.82, 2.24) is 14.5 Å². The standard InChI is InChI=1S/C35H36N6O3S/c1-44-35(43)26-13-8-24(9-14-26)21-40(19-18-36)34(42)27-15-16-30-29(20-27)39-32(41(30)22-28-4-2-3-5-31(28)45)17-10-23-6-11-25(12-7-23)33(37)38/h2-4,6-9,11-16,20H,5,10,17-19,21-22,36H2,1H3,(H3,37,38). The molecule has 1 aromatic heterocycles. The molecule has 1 aliphatic rings. The fraction of sp³-hybridized carbons (Fsp3) is 0.229. The zero-order chi connectivity index (χ0) is 31.9. The Morgan fingerprint density at radius 3 is 2.36 bits per heavy atom. The number of aryl methyl sites for hydroxylation is 2. The summed E-state index contributed by atoms with van der Waals surface area (Å²) < 4.78 is 6.97. The van der Waals surface area contributed by atoms with Crippen molar-refractivity contribution in [3.05, 3.63) is 124 Å². The van der Waals surface area contributed by atoms with Gasteiger partial charge in [0, 0.05) is 48.5 Å². The number of carbonyl (C=O) groups is 2. The van der Waals surface area contributed by atoms with Gasteiger partial charge >= 0.3 is 5.97 Å². The highest BCUT2D eigenvalue weighted by Gasteiger charge is 2.20. The maximum absolute atomic E-state index is 13.7. The fourth-order valence-corrected chi connectivity index (χ4v) is 5.59. The molecule has 3 aromatic carbocycles. The van der Waals surface area contributed by atoms with Crippen LogP contribution in [0.2, 0.25) is 0 Å². The zero-order valence-corrected chi connectivity index (χ0v) is 26.0. The van der Waals surface area contributed by atoms with Gasteiger partial charge in [0.15, 0.2) is 0 Å². The summed E-state index contributed by atoms with van der Waals surface area (Å²) in [6.07, 6.45) is 8.31. The molecule has 45 heavy (non-hydrogen) atoms. The third kappa shape index (κ3) is 7.42. The predicted octanol–water partition coefficient (Wildman–Crippen LogP) is 4.75. The highest BCUT2D eigenvalue weighted by atomic mass is 32.1. The van der Waals surface area contributed by atoms with Crippen molar-refractivity contribution in [2.24, 2.45) is 11.5 Å². The van der Waals surface area contributed by atoms with Gasteiger partial charge in [0.25, 0.3) is 5.91 Å². The molecular formula is C35H36N6O3S. The number of hydrogen-bond donors (Lipinski definition) is 3. The van der Waals surface area contributed by atoms with Crippen LogP contribution in [0.15, 0.2) is 90.5 Å². The van der Waals surface area contributed by atoms with E-state index < -0.39 is 5.97 Å². The lowest BCUT2D eigenvalue weighted by Crippen LogP contribution is -2.34. The van der Waals surface area contributed by atoms with Gasteiger partial charge in [-0.3, -0.25) is 10.2 Å². The van der Waals surface area contributed by atoms with Crippen LogP contribution in [0.5, 0.6) is 0 Å². The number of nitrogens with two attached hydrogens (primary N) is 2. The average Bonchev–Trinajstić information content (AvgIpc) is 3.40. The van der Waals surface area contributed by atoms with Crippen LogP contribution in [0.25, 0.3) is 11.0 Å². The molecule has 0 aliphatic heterocycles. The monoisotopic (exact) mass is 620 g/mol. The highest BCUT2D eigenvalue weighted by Crippen LogP contribution is 2.24. The number of nitrogens with one attached hydrogen (secondary N) is 1. The SMILES string of the molecule is COC(=O)c1ccc(CN(CCN)C(=O)c2ccc3c(c2)nc(CCc2ccc(C(=N)N)cc2)n3CC2=CC=CCC2=S)cc1. The molecule has 1 heterocycles. The quantitative estimate of drug-likeness (QED) is 0.0899. The number of nitrogens with zero attached hydrogens (tertiary/aromatic N) is 3. The van der Waals surface area contributed by atoms with Crippen LogP contribution < -0.4 is 11.5 Å². The van der Waals surface area contributed by atoms with Crippen molar-refractivity contribution in [2.45, 2.75) is 32.4 Å². The van der Waals surface area contributed by atoms with Crippen LogP contribution in [0.3, 0.4) is 0 Å². The van der Waals surface area contributed by atoms with Crippen LogP contribution in [0, 0.1) is 5.41 Å². The van der Waals surface area contributed by atoms with E-state index in [1.807, 2.05) is 60.7 Å². The lowest BCUT2D eigenvalue weighted by atomic mass is 10.0. The molecular weight excluding hydrogens is 584 g/mol. The summed E-state index contributed by atoms with van der Waals surface area (Å²) in [4.78, 5) is 33.2. The van der Waals surface area contributed by atoms with E-state index in [-0.39, 0.29) is 11.7 Å². The summed E-state index contributed by atoms with van der Waals surface area (Å²) >= 11 is 5.66. The van der Waals surface area contributed by atoms with Crippen LogP contribution >= 0.6 is 12.2 Å². The summed E-state index contributed by atoms with van der Waals surface area (Å²) in [6.45, 7) is 1.61. The number of thiocarbonyl (C=S) groups is 1. The van der Waals surface area contributed by atoms with Crippen molar-refractivity contribution < 1.29 is 14.3 Å². The van der Waals surface area contributed by atoms with Gasteiger partial charge in [-0.15, -0.1) is 0 Å². The minimum Gasteiger partial charge on any atom is -0.465 e. The normalized spacial score (nSPS) is 12.7. The van der Waals surface area contributed by atoms with Crippen LogP contribution in [0.4, 0.5) is 0 Å². The number of allylic oxidation sites excluding steroid dienone is 4. The first-order valence-electron chi connectivity index (χ1n) is 14.8. The van der Waals surface area contributed by atoms with Gasteiger partial charge in [-0.05, 0) is 53.5 Å². The lowest BCUT2D eigenvalue weighted by molar-refractivity contribution is 0.0600. The Hall–Kier alpha value is -4.93.